The van der Waals surface area contributed by atoms with Crippen molar-refractivity contribution in [1.29, 1.82) is 0 Å². The summed E-state index contributed by atoms with van der Waals surface area (Å²) in [6.45, 7) is 2.12. The fourth-order valence-electron chi connectivity index (χ4n) is 4.20. The van der Waals surface area contributed by atoms with E-state index in [1.54, 1.807) is 24.3 Å². The van der Waals surface area contributed by atoms with Crippen molar-refractivity contribution in [2.24, 2.45) is 0 Å². The Hall–Kier alpha value is -3.96. The van der Waals surface area contributed by atoms with Crippen LogP contribution in [0, 0.1) is 0 Å². The second kappa shape index (κ2) is 9.25. The summed E-state index contributed by atoms with van der Waals surface area (Å²) in [5, 5.41) is 15.8. The maximum Gasteiger partial charge on any atom is 0.416 e. The Kier molecular flexibility index (Phi) is 6.10. The molecular formula is C25H22F3N5O3. The van der Waals surface area contributed by atoms with Gasteiger partial charge in [0.15, 0.2) is 0 Å². The molecule has 5 rings (SSSR count). The molecule has 2 aromatic heterocycles. The molecule has 11 heteroatoms. The highest BCUT2D eigenvalue weighted by Crippen LogP contribution is 2.33. The predicted octanol–water partition coefficient (Wildman–Crippen LogP) is 4.85. The van der Waals surface area contributed by atoms with E-state index in [0.717, 1.165) is 29.8 Å². The van der Waals surface area contributed by atoms with Crippen LogP contribution in [-0.2, 0) is 25.7 Å². The first-order chi connectivity index (χ1) is 17.2. The second-order valence-corrected chi connectivity index (χ2v) is 8.60. The van der Waals surface area contributed by atoms with Crippen molar-refractivity contribution in [3.63, 3.8) is 0 Å². The molecule has 1 atom stereocenters. The van der Waals surface area contributed by atoms with Crippen molar-refractivity contribution in [1.82, 2.24) is 19.9 Å². The number of nitrogens with zero attached hydrogens (tertiary/aromatic N) is 3. The first-order valence-electron chi connectivity index (χ1n) is 11.2. The Labute approximate surface area is 203 Å². The second-order valence-electron chi connectivity index (χ2n) is 8.60. The Morgan fingerprint density at radius 2 is 2.06 bits per heavy atom. The van der Waals surface area contributed by atoms with Crippen LogP contribution in [0.3, 0.4) is 0 Å². The minimum Gasteiger partial charge on any atom is -0.439 e. The van der Waals surface area contributed by atoms with Gasteiger partial charge in [-0.3, -0.25) is 4.57 Å². The molecule has 3 N–H and O–H groups in total. The maximum atomic E-state index is 13.2. The Bertz CT molecular complexity index is 1450. The van der Waals surface area contributed by atoms with Crippen molar-refractivity contribution in [3.8, 4) is 11.6 Å². The number of amides is 1. The predicted molar refractivity (Wildman–Crippen MR) is 126 cm³/mol. The maximum absolute atomic E-state index is 13.2. The van der Waals surface area contributed by atoms with Crippen LogP contribution in [0.15, 0.2) is 55.0 Å². The number of hydrogen-bond acceptors (Lipinski definition) is 6. The van der Waals surface area contributed by atoms with Crippen LogP contribution in [0.2, 0.25) is 0 Å². The third-order valence-electron chi connectivity index (χ3n) is 5.97. The number of aromatic nitrogens is 3. The number of hydrogen-bond donors (Lipinski definition) is 3. The lowest BCUT2D eigenvalue weighted by molar-refractivity contribution is -0.137. The number of benzene rings is 2. The molecule has 2 aromatic carbocycles. The quantitative estimate of drug-likeness (QED) is 0.373. The van der Waals surface area contributed by atoms with Gasteiger partial charge < -0.3 is 20.5 Å². The van der Waals surface area contributed by atoms with Crippen molar-refractivity contribution in [2.75, 3.05) is 5.32 Å². The summed E-state index contributed by atoms with van der Waals surface area (Å²) in [7, 11) is 0. The summed E-state index contributed by atoms with van der Waals surface area (Å²) in [4.78, 5) is 21.5. The molecule has 0 bridgehead atoms. The van der Waals surface area contributed by atoms with Gasteiger partial charge in [-0.15, -0.1) is 0 Å². The van der Waals surface area contributed by atoms with E-state index in [1.165, 1.54) is 23.2 Å². The van der Waals surface area contributed by atoms with Crippen LogP contribution in [0.1, 0.15) is 29.3 Å². The molecule has 1 amide bonds. The van der Waals surface area contributed by atoms with E-state index in [1.807, 2.05) is 0 Å². The zero-order valence-electron chi connectivity index (χ0n) is 19.1. The van der Waals surface area contributed by atoms with Gasteiger partial charge in [-0.1, -0.05) is 0 Å². The first-order valence-corrected chi connectivity index (χ1v) is 11.2. The van der Waals surface area contributed by atoms with E-state index >= 15 is 0 Å². The molecule has 1 aliphatic heterocycles. The van der Waals surface area contributed by atoms with E-state index in [-0.39, 0.29) is 17.3 Å². The molecule has 1 unspecified atom stereocenters. The van der Waals surface area contributed by atoms with Gasteiger partial charge in [0.2, 0.25) is 5.88 Å². The van der Waals surface area contributed by atoms with Gasteiger partial charge in [-0.2, -0.15) is 13.2 Å². The third kappa shape index (κ3) is 4.75. The number of rotatable bonds is 4. The summed E-state index contributed by atoms with van der Waals surface area (Å²) < 4.78 is 46.9. The number of halogens is 3. The van der Waals surface area contributed by atoms with Gasteiger partial charge in [0.1, 0.15) is 12.1 Å². The largest absolute Gasteiger partial charge is 0.439 e. The number of alkyl halides is 3. The minimum absolute atomic E-state index is 0.0383. The smallest absolute Gasteiger partial charge is 0.416 e. The normalized spacial score (nSPS) is 15.5. The number of anilines is 1. The van der Waals surface area contributed by atoms with E-state index in [4.69, 9.17) is 4.74 Å². The summed E-state index contributed by atoms with van der Waals surface area (Å²) in [6.07, 6.45) is -0.901. The number of fused-ring (bicyclic) bond motifs is 2. The standard InChI is InChI=1S/C25H22F3N5O3/c1-14-6-20-21(11-29-14)30-13-31-23(20)36-19-2-3-22-16(9-19)4-5-33(22)24(35)32-18-8-15(12-34)7-17(10-18)25(26,27)28/h2-5,7-10,13-14,29,34H,6,11-12H2,1H3,(H,32,35). The fourth-order valence-corrected chi connectivity index (χ4v) is 4.20. The molecule has 0 aliphatic carbocycles. The molecule has 1 aliphatic rings. The van der Waals surface area contributed by atoms with Crippen molar-refractivity contribution >= 4 is 22.6 Å². The zero-order valence-corrected chi connectivity index (χ0v) is 19.1. The van der Waals surface area contributed by atoms with Crippen LogP contribution >= 0.6 is 0 Å². The lowest BCUT2D eigenvalue weighted by Crippen LogP contribution is -2.33. The van der Waals surface area contributed by atoms with E-state index < -0.39 is 24.4 Å². The van der Waals surface area contributed by atoms with Crippen LogP contribution in [0.4, 0.5) is 23.7 Å². The molecule has 0 saturated carbocycles. The fraction of sp³-hybridized carbons (Fsp3) is 0.240. The first kappa shape index (κ1) is 23.8. The SMILES string of the molecule is CC1Cc2c(ncnc2Oc2ccc3c(ccn3C(=O)Nc3cc(CO)cc(C(F)(F)F)c3)c2)CN1. The van der Waals surface area contributed by atoms with Crippen molar-refractivity contribution in [2.45, 2.75) is 38.7 Å². The lowest BCUT2D eigenvalue weighted by Gasteiger charge is -2.23. The molecular weight excluding hydrogens is 475 g/mol. The number of nitrogens with one attached hydrogen (secondary N) is 2. The molecule has 0 fully saturated rings. The van der Waals surface area contributed by atoms with E-state index in [9.17, 15) is 23.1 Å². The number of aliphatic hydroxyl groups is 1. The highest BCUT2D eigenvalue weighted by Gasteiger charge is 2.31. The van der Waals surface area contributed by atoms with Crippen molar-refractivity contribution < 1.29 is 27.8 Å². The van der Waals surface area contributed by atoms with Gasteiger partial charge in [0, 0.05) is 35.4 Å². The van der Waals surface area contributed by atoms with Gasteiger partial charge in [0.25, 0.3) is 0 Å². The third-order valence-corrected chi connectivity index (χ3v) is 5.97. The number of carbonyl (C=O) groups excluding carboxylic acids is 1. The highest BCUT2D eigenvalue weighted by atomic mass is 19.4. The molecule has 186 valence electrons. The van der Waals surface area contributed by atoms with E-state index in [2.05, 4.69) is 27.5 Å². The van der Waals surface area contributed by atoms with Crippen LogP contribution < -0.4 is 15.4 Å². The van der Waals surface area contributed by atoms with Gasteiger partial charge in [-0.05, 0) is 61.4 Å². The average molecular weight is 497 g/mol. The monoisotopic (exact) mass is 497 g/mol. The minimum atomic E-state index is -4.61. The van der Waals surface area contributed by atoms with Crippen LogP contribution in [-0.4, -0.2) is 31.7 Å². The molecule has 3 heterocycles. The van der Waals surface area contributed by atoms with Gasteiger partial charge >= 0.3 is 12.2 Å². The Morgan fingerprint density at radius 3 is 2.83 bits per heavy atom. The van der Waals surface area contributed by atoms with Gasteiger partial charge in [0.05, 0.1) is 23.4 Å². The summed E-state index contributed by atoms with van der Waals surface area (Å²) >= 11 is 0. The number of ether oxygens (including phenoxy) is 1. The number of aliphatic hydroxyl groups excluding tert-OH is 1. The topological polar surface area (TPSA) is 101 Å². The molecule has 0 radical (unpaired) electrons. The van der Waals surface area contributed by atoms with Crippen molar-refractivity contribution in [3.05, 3.63) is 77.4 Å². The highest BCUT2D eigenvalue weighted by molar-refractivity contribution is 5.98. The molecule has 36 heavy (non-hydrogen) atoms. The summed E-state index contributed by atoms with van der Waals surface area (Å²) in [6, 6.07) is 9.43. The number of carbonyl (C=O) groups is 1. The van der Waals surface area contributed by atoms with E-state index in [0.29, 0.717) is 29.1 Å². The molecule has 4 aromatic rings. The lowest BCUT2D eigenvalue weighted by atomic mass is 10.0. The molecule has 8 nitrogen and oxygen atoms in total. The molecule has 0 saturated heterocycles. The summed E-state index contributed by atoms with van der Waals surface area (Å²) in [5.74, 6) is 1.01. The van der Waals surface area contributed by atoms with Crippen LogP contribution in [0.25, 0.3) is 10.9 Å². The average Bonchev–Trinajstić information content (AvgIpc) is 3.27. The van der Waals surface area contributed by atoms with Gasteiger partial charge in [-0.25, -0.2) is 14.8 Å². The zero-order chi connectivity index (χ0) is 25.4. The molecule has 0 spiro atoms. The summed E-state index contributed by atoms with van der Waals surface area (Å²) in [5.41, 5.74) is 1.39. The van der Waals surface area contributed by atoms with Crippen LogP contribution in [0.5, 0.6) is 11.6 Å². The Morgan fingerprint density at radius 1 is 1.22 bits per heavy atom. The Balaban J connectivity index is 1.39.